The van der Waals surface area contributed by atoms with Crippen LogP contribution in [0.25, 0.3) is 0 Å². The third kappa shape index (κ3) is 3.08. The summed E-state index contributed by atoms with van der Waals surface area (Å²) >= 11 is 18.7. The van der Waals surface area contributed by atoms with Crippen LogP contribution in [0.2, 0.25) is 15.1 Å². The van der Waals surface area contributed by atoms with E-state index in [2.05, 4.69) is 11.4 Å². The Labute approximate surface area is 161 Å². The quantitative estimate of drug-likeness (QED) is 0.677. The Morgan fingerprint density at radius 3 is 2.28 bits per heavy atom. The fraction of sp³-hybridized carbons (Fsp3) is 0.250. The predicted octanol–water partition coefficient (Wildman–Crippen LogP) is 5.45. The zero-order chi connectivity index (χ0) is 17.6. The number of carbonyl (C=O) groups is 1. The summed E-state index contributed by atoms with van der Waals surface area (Å²) in [6.07, 6.45) is 4.16. The highest BCUT2D eigenvalue weighted by molar-refractivity contribution is 6.35. The Kier molecular flexibility index (Phi) is 4.53. The minimum absolute atomic E-state index is 0.0888. The zero-order valence-corrected chi connectivity index (χ0v) is 15.5. The Balaban J connectivity index is 1.83. The second kappa shape index (κ2) is 6.68. The topological polar surface area (TPSA) is 29.1 Å². The molecule has 1 fully saturated rings. The molecule has 1 N–H and O–H groups in total. The Morgan fingerprint density at radius 1 is 0.880 bits per heavy atom. The van der Waals surface area contributed by atoms with Crippen LogP contribution in [-0.4, -0.2) is 12.5 Å². The van der Waals surface area contributed by atoms with Gasteiger partial charge in [-0.15, -0.1) is 0 Å². The van der Waals surface area contributed by atoms with Gasteiger partial charge >= 0.3 is 0 Å². The molecule has 128 valence electrons. The van der Waals surface area contributed by atoms with Crippen molar-refractivity contribution in [3.63, 3.8) is 0 Å². The van der Waals surface area contributed by atoms with Crippen molar-refractivity contribution in [3.05, 3.63) is 80.8 Å². The lowest BCUT2D eigenvalue weighted by Crippen LogP contribution is -2.29. The molecule has 2 aliphatic rings. The van der Waals surface area contributed by atoms with Crippen LogP contribution in [0.4, 0.5) is 0 Å². The number of carbonyl (C=O) groups excluding carboxylic acids is 1. The maximum Gasteiger partial charge on any atom is 0.227 e. The summed E-state index contributed by atoms with van der Waals surface area (Å²) in [5, 5.41) is 4.96. The molecule has 0 radical (unpaired) electrons. The largest absolute Gasteiger partial charge is 0.355 e. The molecule has 2 nitrogen and oxygen atoms in total. The van der Waals surface area contributed by atoms with Gasteiger partial charge in [0.05, 0.1) is 5.92 Å². The highest BCUT2D eigenvalue weighted by Gasteiger charge is 2.45. The number of hydrogen-bond acceptors (Lipinski definition) is 1. The molecule has 4 atom stereocenters. The minimum atomic E-state index is -0.111. The molecule has 2 aromatic rings. The van der Waals surface area contributed by atoms with Gasteiger partial charge in [0.1, 0.15) is 0 Å². The maximum atomic E-state index is 12.2. The van der Waals surface area contributed by atoms with Crippen LogP contribution in [-0.2, 0) is 4.79 Å². The second-order valence-corrected chi connectivity index (χ2v) is 7.87. The Bertz CT molecular complexity index is 847. The van der Waals surface area contributed by atoms with Crippen molar-refractivity contribution in [3.8, 4) is 0 Å². The molecular formula is C20H16Cl3NO. The molecule has 1 saturated heterocycles. The fourth-order valence-electron chi connectivity index (χ4n) is 4.06. The van der Waals surface area contributed by atoms with Crippen LogP contribution in [0.1, 0.15) is 23.0 Å². The highest BCUT2D eigenvalue weighted by atomic mass is 35.5. The normalized spacial score (nSPS) is 27.9. The van der Waals surface area contributed by atoms with Crippen molar-refractivity contribution in [2.75, 3.05) is 6.54 Å². The number of fused-ring (bicyclic) bond motifs is 1. The molecule has 1 aliphatic heterocycles. The molecule has 4 rings (SSSR count). The van der Waals surface area contributed by atoms with Gasteiger partial charge in [-0.05, 0) is 41.3 Å². The Morgan fingerprint density at radius 2 is 1.56 bits per heavy atom. The van der Waals surface area contributed by atoms with Crippen LogP contribution in [0, 0.1) is 11.8 Å². The van der Waals surface area contributed by atoms with Gasteiger partial charge in [-0.2, -0.15) is 0 Å². The van der Waals surface area contributed by atoms with E-state index in [1.54, 1.807) is 6.07 Å². The van der Waals surface area contributed by atoms with Gasteiger partial charge in [0.15, 0.2) is 0 Å². The predicted molar refractivity (Wildman–Crippen MR) is 103 cm³/mol. The van der Waals surface area contributed by atoms with E-state index in [1.165, 1.54) is 0 Å². The smallest absolute Gasteiger partial charge is 0.227 e. The number of amides is 1. The standard InChI is InChI=1S/C20H16Cl3NO/c21-12-3-1-11(2-4-12)14-7-8-15-17(10-24-20(15)25)19(14)16-6-5-13(22)9-18(16)23/h1-9,14-15,17,19H,10H2,(H,24,25)/t14-,15+,17+,19+/m0/s1. The first-order valence-corrected chi connectivity index (χ1v) is 9.34. The molecule has 5 heteroatoms. The third-order valence-electron chi connectivity index (χ3n) is 5.23. The van der Waals surface area contributed by atoms with Gasteiger partial charge in [-0.25, -0.2) is 0 Å². The number of benzene rings is 2. The second-order valence-electron chi connectivity index (χ2n) is 6.59. The first-order valence-electron chi connectivity index (χ1n) is 8.21. The number of allylic oxidation sites excluding steroid dienone is 1. The van der Waals surface area contributed by atoms with E-state index in [1.807, 2.05) is 42.5 Å². The van der Waals surface area contributed by atoms with Crippen molar-refractivity contribution < 1.29 is 4.79 Å². The van der Waals surface area contributed by atoms with E-state index >= 15 is 0 Å². The lowest BCUT2D eigenvalue weighted by Gasteiger charge is -2.36. The van der Waals surface area contributed by atoms with Gasteiger partial charge in [0.25, 0.3) is 0 Å². The fourth-order valence-corrected chi connectivity index (χ4v) is 4.72. The SMILES string of the molecule is O=C1NC[C@H]2[C@@H](c3ccc(Cl)cc3Cl)[C@H](c3ccc(Cl)cc3)C=C[C@@H]12. The van der Waals surface area contributed by atoms with Gasteiger partial charge in [0.2, 0.25) is 5.91 Å². The summed E-state index contributed by atoms with van der Waals surface area (Å²) < 4.78 is 0. The van der Waals surface area contributed by atoms with Crippen molar-refractivity contribution in [1.82, 2.24) is 5.32 Å². The molecule has 25 heavy (non-hydrogen) atoms. The van der Waals surface area contributed by atoms with Crippen molar-refractivity contribution >= 4 is 40.7 Å². The third-order valence-corrected chi connectivity index (χ3v) is 6.04. The van der Waals surface area contributed by atoms with E-state index in [0.717, 1.165) is 11.1 Å². The minimum Gasteiger partial charge on any atom is -0.355 e. The van der Waals surface area contributed by atoms with Crippen LogP contribution in [0.5, 0.6) is 0 Å². The summed E-state index contributed by atoms with van der Waals surface area (Å²) in [6, 6.07) is 13.5. The molecule has 0 aromatic heterocycles. The zero-order valence-electron chi connectivity index (χ0n) is 13.3. The van der Waals surface area contributed by atoms with E-state index in [0.29, 0.717) is 21.6 Å². The molecule has 0 spiro atoms. The Hall–Kier alpha value is -1.48. The van der Waals surface area contributed by atoms with Crippen LogP contribution < -0.4 is 5.32 Å². The molecule has 0 bridgehead atoms. The molecule has 0 unspecified atom stereocenters. The first kappa shape index (κ1) is 17.0. The van der Waals surface area contributed by atoms with E-state index < -0.39 is 0 Å². The number of hydrogen-bond donors (Lipinski definition) is 1. The van der Waals surface area contributed by atoms with Gasteiger partial charge in [-0.3, -0.25) is 4.79 Å². The summed E-state index contributed by atoms with van der Waals surface area (Å²) in [6.45, 7) is 0.654. The van der Waals surface area contributed by atoms with Gasteiger partial charge in [-0.1, -0.05) is 65.2 Å². The molecular weight excluding hydrogens is 377 g/mol. The van der Waals surface area contributed by atoms with Crippen molar-refractivity contribution in [2.45, 2.75) is 11.8 Å². The monoisotopic (exact) mass is 391 g/mol. The van der Waals surface area contributed by atoms with Gasteiger partial charge in [0, 0.05) is 33.4 Å². The van der Waals surface area contributed by atoms with E-state index in [-0.39, 0.29) is 29.6 Å². The maximum absolute atomic E-state index is 12.2. The van der Waals surface area contributed by atoms with Crippen LogP contribution >= 0.6 is 34.8 Å². The van der Waals surface area contributed by atoms with Crippen molar-refractivity contribution in [2.24, 2.45) is 11.8 Å². The number of rotatable bonds is 2. The average Bonchev–Trinajstić information content (AvgIpc) is 2.97. The van der Waals surface area contributed by atoms with Crippen LogP contribution in [0.3, 0.4) is 0 Å². The summed E-state index contributed by atoms with van der Waals surface area (Å²) in [7, 11) is 0. The highest BCUT2D eigenvalue weighted by Crippen LogP contribution is 2.49. The van der Waals surface area contributed by atoms with Crippen LogP contribution in [0.15, 0.2) is 54.6 Å². The van der Waals surface area contributed by atoms with E-state index in [4.69, 9.17) is 34.8 Å². The molecule has 1 heterocycles. The molecule has 0 saturated carbocycles. The average molecular weight is 393 g/mol. The molecule has 1 aliphatic carbocycles. The van der Waals surface area contributed by atoms with E-state index in [9.17, 15) is 4.79 Å². The summed E-state index contributed by atoms with van der Waals surface area (Å²) in [5.41, 5.74) is 2.19. The number of halogens is 3. The number of nitrogens with one attached hydrogen (secondary N) is 1. The summed E-state index contributed by atoms with van der Waals surface area (Å²) in [4.78, 5) is 12.2. The molecule has 2 aromatic carbocycles. The lowest BCUT2D eigenvalue weighted by atomic mass is 9.67. The summed E-state index contributed by atoms with van der Waals surface area (Å²) in [5.74, 6) is 0.368. The van der Waals surface area contributed by atoms with Crippen molar-refractivity contribution in [1.29, 1.82) is 0 Å². The van der Waals surface area contributed by atoms with Gasteiger partial charge < -0.3 is 5.32 Å². The first-order chi connectivity index (χ1) is 12.0. The molecule has 1 amide bonds. The lowest BCUT2D eigenvalue weighted by molar-refractivity contribution is -0.121.